The maximum Gasteiger partial charge on any atom is 0.297 e. The molecular weight excluding hydrogens is 440 g/mol. The van der Waals surface area contributed by atoms with Crippen LogP contribution in [0.2, 0.25) is 0 Å². The van der Waals surface area contributed by atoms with Crippen molar-refractivity contribution in [3.8, 4) is 0 Å². The fourth-order valence-electron chi connectivity index (χ4n) is 2.18. The molecule has 9 heteroatoms. The second-order valence-corrected chi connectivity index (χ2v) is 9.87. The smallest absolute Gasteiger partial charge is 0.297 e. The summed E-state index contributed by atoms with van der Waals surface area (Å²) in [6.07, 6.45) is 2.37. The van der Waals surface area contributed by atoms with Gasteiger partial charge in [-0.15, -0.1) is 0 Å². The lowest BCUT2D eigenvalue weighted by atomic mass is 10.2. The first-order chi connectivity index (χ1) is 14.6. The van der Waals surface area contributed by atoms with Crippen LogP contribution >= 0.6 is 0 Å². The molecule has 2 aromatic rings. The molecule has 0 spiro atoms. The number of unbranched alkanes of at least 4 members (excludes halogenated alkanes) is 1. The number of benzene rings is 2. The van der Waals surface area contributed by atoms with E-state index in [4.69, 9.17) is 13.1 Å². The Hall–Kier alpha value is -1.78. The highest BCUT2D eigenvalue weighted by molar-refractivity contribution is 7.87. The van der Waals surface area contributed by atoms with E-state index >= 15 is 0 Å². The summed E-state index contributed by atoms with van der Waals surface area (Å²) in [7, 11) is -7.88. The molecule has 1 radical (unpaired) electrons. The van der Waals surface area contributed by atoms with Gasteiger partial charge in [0.05, 0.1) is 23.0 Å². The maximum atomic E-state index is 11.9. The summed E-state index contributed by atoms with van der Waals surface area (Å²) in [4.78, 5) is 0.0176. The SMILES string of the molecule is Cc1ccc(S(=O)(=O)OCCOS(=O)(=O)c2ccc(C)cc2)cc1.[CH2]COCCCC. The van der Waals surface area contributed by atoms with Crippen molar-refractivity contribution in [1.82, 2.24) is 0 Å². The number of ether oxygens (including phenoxy) is 1. The predicted molar refractivity (Wildman–Crippen MR) is 120 cm³/mol. The largest absolute Gasteiger partial charge is 0.381 e. The van der Waals surface area contributed by atoms with Gasteiger partial charge in [0.1, 0.15) is 0 Å². The lowest BCUT2D eigenvalue weighted by molar-refractivity contribution is 0.157. The van der Waals surface area contributed by atoms with E-state index in [-0.39, 0.29) is 9.79 Å². The standard InChI is InChI=1S/C16H18O6S2.C6H13O/c1-13-3-7-15(8-4-13)23(17,18)21-11-12-22-24(19,20)16-9-5-14(2)6-10-16;1-3-5-6-7-4-2/h3-10H,11-12H2,1-2H3;2-6H2,1H3. The number of aryl methyl sites for hydroxylation is 2. The minimum Gasteiger partial charge on any atom is -0.381 e. The van der Waals surface area contributed by atoms with Crippen molar-refractivity contribution in [3.05, 3.63) is 66.6 Å². The van der Waals surface area contributed by atoms with Gasteiger partial charge in [0.2, 0.25) is 0 Å². The van der Waals surface area contributed by atoms with Crippen LogP contribution in [0.4, 0.5) is 0 Å². The first-order valence-electron chi connectivity index (χ1n) is 9.91. The van der Waals surface area contributed by atoms with Gasteiger partial charge in [-0.3, -0.25) is 8.37 Å². The summed E-state index contributed by atoms with van der Waals surface area (Å²) >= 11 is 0. The number of hydrogen-bond acceptors (Lipinski definition) is 7. The van der Waals surface area contributed by atoms with Crippen molar-refractivity contribution in [2.24, 2.45) is 0 Å². The third-order valence-electron chi connectivity index (χ3n) is 3.97. The molecule has 0 unspecified atom stereocenters. The third-order valence-corrected chi connectivity index (χ3v) is 6.62. The molecule has 0 aliphatic rings. The van der Waals surface area contributed by atoms with Crippen LogP contribution in [0.1, 0.15) is 30.9 Å². The fraction of sp³-hybridized carbons (Fsp3) is 0.409. The summed E-state index contributed by atoms with van der Waals surface area (Å²) in [5.41, 5.74) is 1.84. The summed E-state index contributed by atoms with van der Waals surface area (Å²) in [6.45, 7) is 10.0. The Morgan fingerprint density at radius 2 is 1.10 bits per heavy atom. The van der Waals surface area contributed by atoms with Gasteiger partial charge >= 0.3 is 0 Å². The van der Waals surface area contributed by atoms with Gasteiger partial charge in [-0.2, -0.15) is 16.8 Å². The molecule has 0 fully saturated rings. The molecule has 0 saturated heterocycles. The van der Waals surface area contributed by atoms with E-state index in [1.807, 2.05) is 13.8 Å². The topological polar surface area (TPSA) is 96.0 Å². The van der Waals surface area contributed by atoms with Crippen molar-refractivity contribution in [3.63, 3.8) is 0 Å². The molecule has 0 aromatic heterocycles. The van der Waals surface area contributed by atoms with Crippen LogP contribution in [0, 0.1) is 20.8 Å². The van der Waals surface area contributed by atoms with E-state index in [0.717, 1.165) is 24.2 Å². The van der Waals surface area contributed by atoms with Crippen molar-refractivity contribution in [1.29, 1.82) is 0 Å². The Kier molecular flexibility index (Phi) is 12.0. The van der Waals surface area contributed by atoms with E-state index in [1.54, 1.807) is 24.3 Å². The minimum atomic E-state index is -3.94. The molecule has 0 N–H and O–H groups in total. The van der Waals surface area contributed by atoms with E-state index in [0.29, 0.717) is 6.61 Å². The van der Waals surface area contributed by atoms with Crippen LogP contribution in [0.25, 0.3) is 0 Å². The highest BCUT2D eigenvalue weighted by atomic mass is 32.2. The zero-order valence-corrected chi connectivity index (χ0v) is 19.9. The van der Waals surface area contributed by atoms with Gasteiger partial charge in [0, 0.05) is 13.2 Å². The lowest BCUT2D eigenvalue weighted by Crippen LogP contribution is -2.15. The summed E-state index contributed by atoms with van der Waals surface area (Å²) in [5.74, 6) is 0. The highest BCUT2D eigenvalue weighted by Gasteiger charge is 2.17. The quantitative estimate of drug-likeness (QED) is 0.360. The second kappa shape index (κ2) is 13.6. The molecular formula is C22H31O7S2. The predicted octanol–water partition coefficient (Wildman–Crippen LogP) is 4.05. The molecule has 0 atom stereocenters. The average Bonchev–Trinajstić information content (AvgIpc) is 2.73. The molecule has 0 heterocycles. The molecule has 0 amide bonds. The Labute approximate surface area is 186 Å². The highest BCUT2D eigenvalue weighted by Crippen LogP contribution is 2.15. The van der Waals surface area contributed by atoms with E-state index < -0.39 is 33.5 Å². The van der Waals surface area contributed by atoms with Gasteiger partial charge < -0.3 is 4.74 Å². The Balaban J connectivity index is 0.000000592. The molecule has 0 aliphatic heterocycles. The summed E-state index contributed by atoms with van der Waals surface area (Å²) in [5, 5.41) is 0. The van der Waals surface area contributed by atoms with Crippen LogP contribution in [-0.4, -0.2) is 43.3 Å². The van der Waals surface area contributed by atoms with Crippen molar-refractivity contribution >= 4 is 20.2 Å². The first-order valence-corrected chi connectivity index (χ1v) is 12.7. The third kappa shape index (κ3) is 10.4. The van der Waals surface area contributed by atoms with Crippen LogP contribution in [0.5, 0.6) is 0 Å². The van der Waals surface area contributed by atoms with Gasteiger partial charge in [-0.05, 0) is 51.5 Å². The average molecular weight is 472 g/mol. The normalized spacial score (nSPS) is 11.6. The van der Waals surface area contributed by atoms with Crippen LogP contribution < -0.4 is 0 Å². The maximum absolute atomic E-state index is 11.9. The molecule has 2 aromatic carbocycles. The first kappa shape index (κ1) is 27.3. The van der Waals surface area contributed by atoms with Crippen molar-refractivity contribution in [2.75, 3.05) is 26.4 Å². The van der Waals surface area contributed by atoms with Crippen molar-refractivity contribution < 1.29 is 29.9 Å². The van der Waals surface area contributed by atoms with Crippen LogP contribution in [0.15, 0.2) is 58.3 Å². The molecule has 2 rings (SSSR count). The van der Waals surface area contributed by atoms with Crippen LogP contribution in [-0.2, 0) is 33.3 Å². The van der Waals surface area contributed by atoms with Crippen LogP contribution in [0.3, 0.4) is 0 Å². The van der Waals surface area contributed by atoms with Gasteiger partial charge in [-0.1, -0.05) is 48.7 Å². The molecule has 31 heavy (non-hydrogen) atoms. The van der Waals surface area contributed by atoms with Crippen molar-refractivity contribution in [2.45, 2.75) is 43.4 Å². The minimum absolute atomic E-state index is 0.00879. The van der Waals surface area contributed by atoms with Gasteiger partial charge in [0.25, 0.3) is 20.2 Å². The zero-order chi connectivity index (χ0) is 23.3. The summed E-state index contributed by atoms with van der Waals surface area (Å²) < 4.78 is 62.3. The Bertz CT molecular complexity index is 884. The monoisotopic (exact) mass is 471 g/mol. The van der Waals surface area contributed by atoms with E-state index in [1.165, 1.54) is 30.7 Å². The van der Waals surface area contributed by atoms with Gasteiger partial charge in [-0.25, -0.2) is 0 Å². The zero-order valence-electron chi connectivity index (χ0n) is 18.2. The fourth-order valence-corrected chi connectivity index (χ4v) is 3.97. The molecule has 0 aliphatic carbocycles. The van der Waals surface area contributed by atoms with E-state index in [2.05, 4.69) is 13.8 Å². The Morgan fingerprint density at radius 3 is 1.42 bits per heavy atom. The van der Waals surface area contributed by atoms with Gasteiger partial charge in [0.15, 0.2) is 0 Å². The Morgan fingerprint density at radius 1 is 0.710 bits per heavy atom. The molecule has 173 valence electrons. The second-order valence-electron chi connectivity index (χ2n) is 6.64. The number of hydrogen-bond donors (Lipinski definition) is 0. The summed E-state index contributed by atoms with van der Waals surface area (Å²) in [6, 6.07) is 12.3. The lowest BCUT2D eigenvalue weighted by Gasteiger charge is -2.08. The molecule has 0 saturated carbocycles. The molecule has 7 nitrogen and oxygen atoms in total. The number of rotatable bonds is 11. The molecule has 0 bridgehead atoms. The van der Waals surface area contributed by atoms with E-state index in [9.17, 15) is 16.8 Å².